The monoisotopic (exact) mass is 496 g/mol. The van der Waals surface area contributed by atoms with Crippen molar-refractivity contribution in [2.24, 2.45) is 4.99 Å². The first kappa shape index (κ1) is 21.9. The Balaban J connectivity index is 0.00000261. The van der Waals surface area contributed by atoms with E-state index in [9.17, 15) is 8.78 Å². The van der Waals surface area contributed by atoms with E-state index in [0.717, 1.165) is 44.9 Å². The van der Waals surface area contributed by atoms with Gasteiger partial charge in [0.1, 0.15) is 5.75 Å². The average molecular weight is 496 g/mol. The molecule has 2 aliphatic heterocycles. The SMILES string of the molecule is CN=C(NCC1CCCO1)NC1CCN(c2ccccc2OC(F)F)C1.I. The van der Waals surface area contributed by atoms with Gasteiger partial charge in [-0.3, -0.25) is 4.99 Å². The molecule has 2 aliphatic rings. The minimum atomic E-state index is -2.83. The number of para-hydroxylation sites is 2. The number of ether oxygens (including phenoxy) is 2. The molecule has 0 aromatic heterocycles. The Bertz CT molecular complexity index is 615. The molecular weight excluding hydrogens is 469 g/mol. The van der Waals surface area contributed by atoms with E-state index >= 15 is 0 Å². The van der Waals surface area contributed by atoms with Crippen molar-refractivity contribution in [3.8, 4) is 5.75 Å². The second kappa shape index (κ2) is 10.8. The molecule has 2 atom stereocenters. The third-order valence-corrected chi connectivity index (χ3v) is 4.70. The third kappa shape index (κ3) is 6.34. The van der Waals surface area contributed by atoms with Gasteiger partial charge in [0.05, 0.1) is 11.8 Å². The lowest BCUT2D eigenvalue weighted by atomic mass is 10.2. The molecule has 152 valence electrons. The summed E-state index contributed by atoms with van der Waals surface area (Å²) in [6, 6.07) is 7.10. The molecule has 0 radical (unpaired) electrons. The van der Waals surface area contributed by atoms with E-state index in [0.29, 0.717) is 12.2 Å². The molecule has 2 fully saturated rings. The summed E-state index contributed by atoms with van der Waals surface area (Å²) in [7, 11) is 1.74. The number of halogens is 3. The van der Waals surface area contributed by atoms with Gasteiger partial charge in [0, 0.05) is 39.3 Å². The first-order valence-electron chi connectivity index (χ1n) is 9.03. The number of aliphatic imine (C=N–C) groups is 1. The van der Waals surface area contributed by atoms with Crippen LogP contribution in [-0.4, -0.2) is 58.0 Å². The molecule has 0 spiro atoms. The number of hydrogen-bond donors (Lipinski definition) is 2. The summed E-state index contributed by atoms with van der Waals surface area (Å²) < 4.78 is 35.5. The zero-order valence-corrected chi connectivity index (χ0v) is 17.7. The number of anilines is 1. The number of nitrogens with one attached hydrogen (secondary N) is 2. The van der Waals surface area contributed by atoms with E-state index in [2.05, 4.69) is 25.3 Å². The Morgan fingerprint density at radius 2 is 2.19 bits per heavy atom. The van der Waals surface area contributed by atoms with Crippen LogP contribution in [0.4, 0.5) is 14.5 Å². The number of benzene rings is 1. The predicted molar refractivity (Wildman–Crippen MR) is 113 cm³/mol. The molecule has 1 aromatic rings. The molecule has 27 heavy (non-hydrogen) atoms. The Morgan fingerprint density at radius 3 is 2.89 bits per heavy atom. The Labute approximate surface area is 175 Å². The van der Waals surface area contributed by atoms with Gasteiger partial charge in [0.15, 0.2) is 5.96 Å². The fourth-order valence-electron chi connectivity index (χ4n) is 3.41. The van der Waals surface area contributed by atoms with Crippen LogP contribution in [-0.2, 0) is 4.74 Å². The molecule has 0 saturated carbocycles. The summed E-state index contributed by atoms with van der Waals surface area (Å²) in [6.07, 6.45) is 3.31. The van der Waals surface area contributed by atoms with Crippen LogP contribution in [0, 0.1) is 0 Å². The van der Waals surface area contributed by atoms with Gasteiger partial charge in [-0.25, -0.2) is 0 Å². The van der Waals surface area contributed by atoms with Crippen molar-refractivity contribution >= 4 is 35.6 Å². The standard InChI is InChI=1S/C18H26F2N4O2.HI/c1-21-18(22-11-14-5-4-10-25-14)23-13-8-9-24(12-13)15-6-2-3-7-16(15)26-17(19)20;/h2-3,6-7,13-14,17H,4-5,8-12H2,1H3,(H2,21,22,23);1H. The lowest BCUT2D eigenvalue weighted by molar-refractivity contribution is -0.0495. The summed E-state index contributed by atoms with van der Waals surface area (Å²) in [5.74, 6) is 0.952. The molecule has 2 unspecified atom stereocenters. The third-order valence-electron chi connectivity index (χ3n) is 4.70. The molecule has 2 heterocycles. The van der Waals surface area contributed by atoms with E-state index in [1.165, 1.54) is 0 Å². The normalized spacial score (nSPS) is 22.7. The highest BCUT2D eigenvalue weighted by Crippen LogP contribution is 2.31. The fraction of sp³-hybridized carbons (Fsp3) is 0.611. The summed E-state index contributed by atoms with van der Waals surface area (Å²) >= 11 is 0. The van der Waals surface area contributed by atoms with Crippen LogP contribution >= 0.6 is 24.0 Å². The summed E-state index contributed by atoms with van der Waals surface area (Å²) in [5, 5.41) is 6.70. The van der Waals surface area contributed by atoms with E-state index < -0.39 is 6.61 Å². The molecule has 2 saturated heterocycles. The zero-order chi connectivity index (χ0) is 18.4. The van der Waals surface area contributed by atoms with Crippen molar-refractivity contribution < 1.29 is 18.3 Å². The maximum Gasteiger partial charge on any atom is 0.387 e. The van der Waals surface area contributed by atoms with E-state index in [-0.39, 0.29) is 41.9 Å². The van der Waals surface area contributed by atoms with Crippen LogP contribution < -0.4 is 20.3 Å². The molecule has 0 bridgehead atoms. The zero-order valence-electron chi connectivity index (χ0n) is 15.4. The first-order valence-corrected chi connectivity index (χ1v) is 9.03. The molecular formula is C18H27F2IN4O2. The molecule has 1 aromatic carbocycles. The number of rotatable bonds is 6. The predicted octanol–water partition coefficient (Wildman–Crippen LogP) is 2.83. The summed E-state index contributed by atoms with van der Waals surface area (Å²) in [4.78, 5) is 6.32. The Hall–Kier alpha value is -1.36. The molecule has 9 heteroatoms. The maximum absolute atomic E-state index is 12.6. The number of hydrogen-bond acceptors (Lipinski definition) is 4. The molecule has 6 nitrogen and oxygen atoms in total. The summed E-state index contributed by atoms with van der Waals surface area (Å²) in [5.41, 5.74) is 0.694. The highest BCUT2D eigenvalue weighted by Gasteiger charge is 2.26. The highest BCUT2D eigenvalue weighted by molar-refractivity contribution is 14.0. The Kier molecular flexibility index (Phi) is 8.81. The first-order chi connectivity index (χ1) is 12.7. The van der Waals surface area contributed by atoms with Gasteiger partial charge >= 0.3 is 6.61 Å². The lowest BCUT2D eigenvalue weighted by Crippen LogP contribution is -2.46. The van der Waals surface area contributed by atoms with Gasteiger partial charge in [0.25, 0.3) is 0 Å². The van der Waals surface area contributed by atoms with Crippen LogP contribution in [0.5, 0.6) is 5.75 Å². The Morgan fingerprint density at radius 1 is 1.37 bits per heavy atom. The second-order valence-electron chi connectivity index (χ2n) is 6.51. The van der Waals surface area contributed by atoms with Crippen molar-refractivity contribution in [3.63, 3.8) is 0 Å². The maximum atomic E-state index is 12.6. The van der Waals surface area contributed by atoms with Crippen molar-refractivity contribution in [2.45, 2.75) is 38.0 Å². The molecule has 0 aliphatic carbocycles. The van der Waals surface area contributed by atoms with Gasteiger partial charge in [-0.15, -0.1) is 24.0 Å². The number of alkyl halides is 2. The van der Waals surface area contributed by atoms with E-state index in [4.69, 9.17) is 4.74 Å². The van der Waals surface area contributed by atoms with Crippen LogP contribution in [0.3, 0.4) is 0 Å². The van der Waals surface area contributed by atoms with Crippen LogP contribution in [0.15, 0.2) is 29.3 Å². The number of nitrogens with zero attached hydrogens (tertiary/aromatic N) is 2. The minimum absolute atomic E-state index is 0. The molecule has 3 rings (SSSR count). The summed E-state index contributed by atoms with van der Waals surface area (Å²) in [6.45, 7) is 0.208. The van der Waals surface area contributed by atoms with Crippen LogP contribution in [0.25, 0.3) is 0 Å². The van der Waals surface area contributed by atoms with Gasteiger partial charge in [-0.05, 0) is 31.4 Å². The second-order valence-corrected chi connectivity index (χ2v) is 6.51. The quantitative estimate of drug-likeness (QED) is 0.361. The molecule has 0 amide bonds. The van der Waals surface area contributed by atoms with Crippen molar-refractivity contribution in [1.29, 1.82) is 0 Å². The van der Waals surface area contributed by atoms with Crippen molar-refractivity contribution in [3.05, 3.63) is 24.3 Å². The lowest BCUT2D eigenvalue weighted by Gasteiger charge is -2.23. The van der Waals surface area contributed by atoms with Crippen LogP contribution in [0.1, 0.15) is 19.3 Å². The van der Waals surface area contributed by atoms with Crippen LogP contribution in [0.2, 0.25) is 0 Å². The minimum Gasteiger partial charge on any atom is -0.433 e. The van der Waals surface area contributed by atoms with Gasteiger partial charge in [-0.2, -0.15) is 8.78 Å². The number of guanidine groups is 1. The van der Waals surface area contributed by atoms with E-state index in [1.807, 2.05) is 12.1 Å². The average Bonchev–Trinajstić information content (AvgIpc) is 3.30. The smallest absolute Gasteiger partial charge is 0.387 e. The fourth-order valence-corrected chi connectivity index (χ4v) is 3.41. The van der Waals surface area contributed by atoms with Gasteiger partial charge in [-0.1, -0.05) is 12.1 Å². The molecule has 2 N–H and O–H groups in total. The van der Waals surface area contributed by atoms with Crippen molar-refractivity contribution in [1.82, 2.24) is 10.6 Å². The van der Waals surface area contributed by atoms with Crippen molar-refractivity contribution in [2.75, 3.05) is 38.2 Å². The largest absolute Gasteiger partial charge is 0.433 e. The van der Waals surface area contributed by atoms with Gasteiger partial charge in [0.2, 0.25) is 0 Å². The van der Waals surface area contributed by atoms with E-state index in [1.54, 1.807) is 19.2 Å². The highest BCUT2D eigenvalue weighted by atomic mass is 127. The van der Waals surface area contributed by atoms with Gasteiger partial charge < -0.3 is 25.0 Å². The topological polar surface area (TPSA) is 58.1 Å².